The van der Waals surface area contributed by atoms with Gasteiger partial charge in [0.15, 0.2) is 0 Å². The van der Waals surface area contributed by atoms with Gasteiger partial charge in [-0.05, 0) is 162 Å². The molecule has 50 heavy (non-hydrogen) atoms. The van der Waals surface area contributed by atoms with E-state index in [0.29, 0.717) is 23.5 Å². The molecule has 2 N–H and O–H groups in total. The molecule has 0 saturated heterocycles. The van der Waals surface area contributed by atoms with Crippen molar-refractivity contribution in [1.82, 2.24) is 0 Å². The molecular weight excluding hydrogens is 661 g/mol. The molecule has 6 aliphatic rings. The number of phenols is 1. The number of hydrogen-bond donors (Lipinski definition) is 2. The summed E-state index contributed by atoms with van der Waals surface area (Å²) in [6.07, 6.45) is 21.1. The normalized spacial score (nSPS) is 28.6. The molecule has 6 aliphatic carbocycles. The van der Waals surface area contributed by atoms with Crippen molar-refractivity contribution in [3.05, 3.63) is 93.1 Å². The molecule has 0 spiro atoms. The summed E-state index contributed by atoms with van der Waals surface area (Å²) in [5.41, 5.74) is 15.2. The molecule has 5 atom stereocenters. The fourth-order valence-electron chi connectivity index (χ4n) is 10.5. The van der Waals surface area contributed by atoms with Crippen LogP contribution in [0.5, 0.6) is 11.5 Å². The first-order valence-corrected chi connectivity index (χ1v) is 20.1. The van der Waals surface area contributed by atoms with Crippen molar-refractivity contribution in [2.75, 3.05) is 0 Å². The van der Waals surface area contributed by atoms with Gasteiger partial charge in [-0.25, -0.2) is 0 Å². The molecule has 0 amide bonds. The SMILES string of the molecule is C/C(=C1\C2CCCC1C1=C(CCCC1)C2)c1cccc(O)c1.C/C(=C1\C2CCCC1C1=C(CCCC1)C2)c1cccc(OP(=O)([O-])O)c1.[H-].[Na+].[Na+]. The quantitative estimate of drug-likeness (QED) is 0.266. The van der Waals surface area contributed by atoms with Crippen molar-refractivity contribution in [3.63, 3.8) is 0 Å². The van der Waals surface area contributed by atoms with Gasteiger partial charge in [-0.2, -0.15) is 0 Å². The van der Waals surface area contributed by atoms with Gasteiger partial charge in [0.05, 0.1) is 0 Å². The minimum atomic E-state index is -4.78. The third kappa shape index (κ3) is 8.91. The Morgan fingerprint density at radius 3 is 1.70 bits per heavy atom. The fraction of sp³-hybridized carbons (Fsp3) is 0.524. The van der Waals surface area contributed by atoms with Gasteiger partial charge < -0.3 is 20.8 Å². The molecule has 5 unspecified atom stereocenters. The van der Waals surface area contributed by atoms with Gasteiger partial charge in [0.25, 0.3) is 0 Å². The van der Waals surface area contributed by atoms with Gasteiger partial charge in [0, 0.05) is 11.8 Å². The monoisotopic (exact) mass is 714 g/mol. The molecule has 0 radical (unpaired) electrons. The van der Waals surface area contributed by atoms with E-state index in [-0.39, 0.29) is 66.3 Å². The van der Waals surface area contributed by atoms with Crippen LogP contribution in [0.4, 0.5) is 0 Å². The first kappa shape index (κ1) is 40.3. The molecule has 0 aliphatic heterocycles. The molecule has 8 heteroatoms. The van der Waals surface area contributed by atoms with Crippen molar-refractivity contribution in [2.45, 2.75) is 117 Å². The number of rotatable bonds is 4. The minimum absolute atomic E-state index is 0. The van der Waals surface area contributed by atoms with Crippen LogP contribution >= 0.6 is 7.82 Å². The summed E-state index contributed by atoms with van der Waals surface area (Å²) in [4.78, 5) is 20.0. The maximum absolute atomic E-state index is 11.0. The first-order chi connectivity index (χ1) is 23.2. The first-order valence-electron chi connectivity index (χ1n) is 18.6. The molecular formula is C42H53Na2O5P. The molecule has 8 rings (SSSR count). The van der Waals surface area contributed by atoms with Crippen LogP contribution in [-0.4, -0.2) is 10.00 Å². The Kier molecular flexibility index (Phi) is 14.1. The van der Waals surface area contributed by atoms with Gasteiger partial charge in [-0.1, -0.05) is 70.5 Å². The van der Waals surface area contributed by atoms with Crippen molar-refractivity contribution in [1.29, 1.82) is 0 Å². The van der Waals surface area contributed by atoms with E-state index in [1.165, 1.54) is 119 Å². The van der Waals surface area contributed by atoms with E-state index in [1.54, 1.807) is 52.1 Å². The standard InChI is InChI=1S/C21H27O4P.C21H26O.2Na.H/c1-14(15-7-4-9-18(13-15)25-26(22,23)24)21-17-8-5-11-20(21)19-10-3-2-6-16(19)12-17;1-14(15-7-4-9-18(22)13-15)21-17-8-5-11-20(21)19-10-3-2-6-16(19)12-17;;;/h4,7,9,13,17,20H,2-3,5-6,8,10-12H2,1H3,(H2,22,23,24);4,7,9,13,17,20,22H,2-3,5-6,8,10-12H2,1H3;;;/q;;2*+1;-1/p-1/b2*21-14-;;;. The number of hydrogen-bond acceptors (Lipinski definition) is 4. The fourth-order valence-corrected chi connectivity index (χ4v) is 10.9. The summed E-state index contributed by atoms with van der Waals surface area (Å²) < 4.78 is 15.7. The van der Waals surface area contributed by atoms with Crippen LogP contribution in [0.3, 0.4) is 0 Å². The molecule has 2 aromatic rings. The molecule has 2 saturated carbocycles. The van der Waals surface area contributed by atoms with Crippen LogP contribution in [0.1, 0.15) is 129 Å². The molecule has 258 valence electrons. The number of phosphoric ester groups is 1. The summed E-state index contributed by atoms with van der Waals surface area (Å²) >= 11 is 0. The zero-order chi connectivity index (χ0) is 33.4. The largest absolute Gasteiger partial charge is 1.00 e. The topological polar surface area (TPSA) is 89.8 Å². The van der Waals surface area contributed by atoms with E-state index >= 15 is 0 Å². The number of phosphoric acid groups is 1. The molecule has 4 bridgehead atoms. The van der Waals surface area contributed by atoms with Crippen molar-refractivity contribution in [2.24, 2.45) is 23.7 Å². The van der Waals surface area contributed by atoms with Crippen LogP contribution in [-0.2, 0) is 4.57 Å². The van der Waals surface area contributed by atoms with E-state index in [4.69, 9.17) is 4.89 Å². The van der Waals surface area contributed by atoms with Crippen LogP contribution in [0.2, 0.25) is 0 Å². The Bertz CT molecular complexity index is 1740. The van der Waals surface area contributed by atoms with E-state index < -0.39 is 7.82 Å². The Morgan fingerprint density at radius 1 is 0.720 bits per heavy atom. The molecule has 2 aromatic carbocycles. The van der Waals surface area contributed by atoms with Gasteiger partial charge in [-0.3, -0.25) is 4.57 Å². The smallest absolute Gasteiger partial charge is 1.00 e. The van der Waals surface area contributed by atoms with Crippen molar-refractivity contribution >= 4 is 19.0 Å². The number of allylic oxidation sites excluding steroid dienone is 8. The maximum atomic E-state index is 11.0. The zero-order valence-electron chi connectivity index (χ0n) is 31.8. The van der Waals surface area contributed by atoms with Crippen molar-refractivity contribution < 1.29 is 84.5 Å². The van der Waals surface area contributed by atoms with Crippen LogP contribution < -0.4 is 68.5 Å². The van der Waals surface area contributed by atoms with Gasteiger partial charge >= 0.3 is 66.9 Å². The van der Waals surface area contributed by atoms with Crippen molar-refractivity contribution in [3.8, 4) is 11.5 Å². The number of aromatic hydroxyl groups is 1. The third-order valence-corrected chi connectivity index (χ3v) is 12.9. The predicted molar refractivity (Wildman–Crippen MR) is 193 cm³/mol. The Hall–Kier alpha value is -0.850. The van der Waals surface area contributed by atoms with E-state index in [2.05, 4.69) is 24.4 Å². The second-order valence-corrected chi connectivity index (χ2v) is 16.4. The molecule has 0 aromatic heterocycles. The Labute approximate surface area is 345 Å². The van der Waals surface area contributed by atoms with E-state index in [1.807, 2.05) is 23.8 Å². The third-order valence-electron chi connectivity index (χ3n) is 12.4. The summed E-state index contributed by atoms with van der Waals surface area (Å²) in [6.45, 7) is 4.44. The second-order valence-electron chi connectivity index (χ2n) is 15.2. The maximum Gasteiger partial charge on any atom is 1.00 e. The minimum Gasteiger partial charge on any atom is -1.00 e. The summed E-state index contributed by atoms with van der Waals surface area (Å²) in [5, 5.41) is 9.82. The number of phenolic OH excluding ortho intramolecular Hbond substituents is 1. The van der Waals surface area contributed by atoms with Crippen LogP contribution in [0.15, 0.2) is 82.0 Å². The molecule has 2 fully saturated rings. The molecule has 0 heterocycles. The van der Waals surface area contributed by atoms with Crippen LogP contribution in [0, 0.1) is 23.7 Å². The van der Waals surface area contributed by atoms with Crippen LogP contribution in [0.25, 0.3) is 11.1 Å². The predicted octanol–water partition coefficient (Wildman–Crippen LogP) is 4.97. The van der Waals surface area contributed by atoms with E-state index in [9.17, 15) is 14.6 Å². The average Bonchev–Trinajstić information content (AvgIpc) is 3.07. The second kappa shape index (κ2) is 17.5. The Balaban J connectivity index is 0.000000218. The van der Waals surface area contributed by atoms with E-state index in [0.717, 1.165) is 11.5 Å². The molecule has 5 nitrogen and oxygen atoms in total. The average molecular weight is 715 g/mol. The van der Waals surface area contributed by atoms with Gasteiger partial charge in [-0.15, -0.1) is 0 Å². The summed E-state index contributed by atoms with van der Waals surface area (Å²) in [6, 6.07) is 14.9. The van der Waals surface area contributed by atoms with Gasteiger partial charge in [0.1, 0.15) is 11.5 Å². The van der Waals surface area contributed by atoms with Gasteiger partial charge in [0.2, 0.25) is 0 Å². The summed E-state index contributed by atoms with van der Waals surface area (Å²) in [5.74, 6) is 3.23. The zero-order valence-corrected chi connectivity index (χ0v) is 35.7. The Morgan fingerprint density at radius 2 is 1.20 bits per heavy atom. The number of benzene rings is 2. The number of fused-ring (bicyclic) bond motifs is 6. The summed E-state index contributed by atoms with van der Waals surface area (Å²) in [7, 11) is -4.78.